The van der Waals surface area contributed by atoms with Crippen LogP contribution in [0.1, 0.15) is 60.8 Å². The molecule has 0 aliphatic heterocycles. The lowest BCUT2D eigenvalue weighted by atomic mass is 10.2. The summed E-state index contributed by atoms with van der Waals surface area (Å²) in [5.74, 6) is -4.88. The summed E-state index contributed by atoms with van der Waals surface area (Å²) in [5, 5.41) is 37.9. The summed E-state index contributed by atoms with van der Waals surface area (Å²) in [5.41, 5.74) is 10.4. The number of rotatable bonds is 12. The van der Waals surface area contributed by atoms with E-state index in [9.17, 15) is 44.1 Å². The molecule has 3 amide bonds. The number of quaternary nitrogens is 3. The van der Waals surface area contributed by atoms with Crippen molar-refractivity contribution >= 4 is 35.6 Å². The summed E-state index contributed by atoms with van der Waals surface area (Å²) in [7, 11) is 0. The molecule has 6 atom stereocenters. The third kappa shape index (κ3) is 18.1. The molecule has 0 aliphatic rings. The van der Waals surface area contributed by atoms with Crippen molar-refractivity contribution in [2.24, 2.45) is 0 Å². The standard InChI is InChI=1S/3C7H14N2O3/c3*1-3-5(7(11)12)9-6(10)4(2)8/h3*4-5H,3,8H2,1-2H3,(H,9,10)(H,11,12)/t3*4-,5-/m000/s1. The van der Waals surface area contributed by atoms with Gasteiger partial charge < -0.3 is 62.9 Å². The van der Waals surface area contributed by atoms with E-state index in [-0.39, 0.29) is 17.7 Å². The molecule has 0 radical (unpaired) electrons. The lowest BCUT2D eigenvalue weighted by Crippen LogP contribution is -2.67. The van der Waals surface area contributed by atoms with Gasteiger partial charge in [0.1, 0.15) is 0 Å². The first kappa shape index (κ1) is 37.3. The van der Waals surface area contributed by atoms with E-state index in [1.54, 1.807) is 41.5 Å². The number of hydrogen-bond acceptors (Lipinski definition) is 9. The molecule has 210 valence electrons. The van der Waals surface area contributed by atoms with Crippen LogP contribution in [0.25, 0.3) is 0 Å². The molecule has 0 aromatic heterocycles. The van der Waals surface area contributed by atoms with E-state index in [1.165, 1.54) is 0 Å². The lowest BCUT2D eigenvalue weighted by molar-refractivity contribution is -0.398. The molecule has 0 fully saturated rings. The minimum absolute atomic E-state index is 0.320. The smallest absolute Gasteiger partial charge is 0.278 e. The third-order valence-corrected chi connectivity index (χ3v) is 4.37. The molecule has 15 nitrogen and oxygen atoms in total. The van der Waals surface area contributed by atoms with Crippen LogP contribution in [0.3, 0.4) is 0 Å². The Morgan fingerprint density at radius 1 is 0.528 bits per heavy atom. The normalized spacial score (nSPS) is 14.9. The Hall–Kier alpha value is -3.30. The highest BCUT2D eigenvalue weighted by atomic mass is 16.4. The minimum Gasteiger partial charge on any atom is -0.548 e. The van der Waals surface area contributed by atoms with Crippen LogP contribution in [0.4, 0.5) is 0 Å². The number of carbonyl (C=O) groups is 6. The summed E-state index contributed by atoms with van der Waals surface area (Å²) in [6.07, 6.45) is 0.961. The van der Waals surface area contributed by atoms with Gasteiger partial charge in [-0.3, -0.25) is 14.4 Å². The zero-order valence-corrected chi connectivity index (χ0v) is 21.9. The molecule has 0 aromatic rings. The van der Waals surface area contributed by atoms with E-state index in [1.807, 2.05) is 0 Å². The van der Waals surface area contributed by atoms with Crippen LogP contribution >= 0.6 is 0 Å². The van der Waals surface area contributed by atoms with Crippen LogP contribution in [-0.2, 0) is 28.8 Å². The molecule has 0 heterocycles. The molecule has 0 bridgehead atoms. The SMILES string of the molecule is CC[C@H](NC(=O)[C@H](C)[NH3+])C(=O)[O-].CC[C@H](NC(=O)[C@H](C)[NH3+])C(=O)[O-].CC[C@H](NC(=O)[C@H](C)[NH3+])C(=O)[O-]. The lowest BCUT2D eigenvalue weighted by Gasteiger charge is -2.17. The van der Waals surface area contributed by atoms with Gasteiger partial charge in [0.2, 0.25) is 0 Å². The second kappa shape index (κ2) is 19.9. The predicted octanol–water partition coefficient (Wildman–Crippen LogP) is -8.22. The molecule has 0 saturated carbocycles. The number of aliphatic carboxylic acids is 3. The van der Waals surface area contributed by atoms with Crippen molar-refractivity contribution in [3.05, 3.63) is 0 Å². The summed E-state index contributed by atoms with van der Waals surface area (Å²) in [6, 6.07) is -4.04. The molecule has 0 saturated heterocycles. The van der Waals surface area contributed by atoms with Gasteiger partial charge in [0.05, 0.1) is 36.0 Å². The number of nitrogens with one attached hydrogen (secondary N) is 3. The predicted molar refractivity (Wildman–Crippen MR) is 119 cm³/mol. The van der Waals surface area contributed by atoms with Crippen molar-refractivity contribution in [3.8, 4) is 0 Å². The first-order chi connectivity index (χ1) is 16.5. The molecule has 0 spiro atoms. The van der Waals surface area contributed by atoms with Crippen molar-refractivity contribution < 1.29 is 61.3 Å². The number of carboxylic acid groups (broad SMARTS) is 3. The zero-order valence-electron chi connectivity index (χ0n) is 21.9. The Labute approximate surface area is 210 Å². The third-order valence-electron chi connectivity index (χ3n) is 4.37. The molecular formula is C21H42N6O9. The topological polar surface area (TPSA) is 291 Å². The molecule has 36 heavy (non-hydrogen) atoms. The van der Waals surface area contributed by atoms with Gasteiger partial charge in [-0.25, -0.2) is 0 Å². The summed E-state index contributed by atoms with van der Waals surface area (Å²) in [6.45, 7) is 9.77. The van der Waals surface area contributed by atoms with Crippen LogP contribution in [0, 0.1) is 0 Å². The van der Waals surface area contributed by atoms with Gasteiger partial charge in [-0.05, 0) is 40.0 Å². The van der Waals surface area contributed by atoms with Crippen molar-refractivity contribution in [3.63, 3.8) is 0 Å². The van der Waals surface area contributed by atoms with Crippen molar-refractivity contribution in [2.45, 2.75) is 97.1 Å². The highest BCUT2D eigenvalue weighted by Crippen LogP contribution is 1.90. The van der Waals surface area contributed by atoms with Crippen molar-refractivity contribution in [1.29, 1.82) is 0 Å². The van der Waals surface area contributed by atoms with Gasteiger partial charge in [0, 0.05) is 0 Å². The number of carbonyl (C=O) groups excluding carboxylic acids is 6. The Kier molecular flexibility index (Phi) is 20.6. The van der Waals surface area contributed by atoms with E-state index in [0.717, 1.165) is 0 Å². The largest absolute Gasteiger partial charge is 0.548 e. The van der Waals surface area contributed by atoms with E-state index in [4.69, 9.17) is 0 Å². The average molecular weight is 523 g/mol. The first-order valence-electron chi connectivity index (χ1n) is 11.5. The number of carboxylic acids is 3. The number of amides is 3. The molecule has 0 aromatic carbocycles. The van der Waals surface area contributed by atoms with Gasteiger partial charge in [-0.1, -0.05) is 20.8 Å². The highest BCUT2D eigenvalue weighted by molar-refractivity contribution is 5.86. The van der Waals surface area contributed by atoms with Gasteiger partial charge in [0.15, 0.2) is 18.1 Å². The maximum absolute atomic E-state index is 11.0. The second-order valence-electron chi connectivity index (χ2n) is 8.07. The molecule has 0 rings (SSSR count). The molecule has 12 N–H and O–H groups in total. The number of hydrogen-bond donors (Lipinski definition) is 6. The maximum Gasteiger partial charge on any atom is 0.278 e. The quantitative estimate of drug-likeness (QED) is 0.141. The molecule has 0 aliphatic carbocycles. The van der Waals surface area contributed by atoms with Gasteiger partial charge in [-0.2, -0.15) is 0 Å². The Bertz CT molecular complexity index is 634. The van der Waals surface area contributed by atoms with Gasteiger partial charge >= 0.3 is 0 Å². The van der Waals surface area contributed by atoms with Crippen molar-refractivity contribution in [1.82, 2.24) is 16.0 Å². The Morgan fingerprint density at radius 3 is 0.778 bits per heavy atom. The van der Waals surface area contributed by atoms with Crippen LogP contribution in [-0.4, -0.2) is 71.9 Å². The van der Waals surface area contributed by atoms with Gasteiger partial charge in [-0.15, -0.1) is 0 Å². The Morgan fingerprint density at radius 2 is 0.694 bits per heavy atom. The maximum atomic E-state index is 11.0. The highest BCUT2D eigenvalue weighted by Gasteiger charge is 2.17. The van der Waals surface area contributed by atoms with E-state index >= 15 is 0 Å². The van der Waals surface area contributed by atoms with E-state index < -0.39 is 54.2 Å². The Balaban J connectivity index is -0.000000454. The van der Waals surface area contributed by atoms with Crippen LogP contribution in [0.2, 0.25) is 0 Å². The van der Waals surface area contributed by atoms with Crippen LogP contribution in [0.15, 0.2) is 0 Å². The molecule has 0 unspecified atom stereocenters. The summed E-state index contributed by atoms with van der Waals surface area (Å²) < 4.78 is 0. The second-order valence-corrected chi connectivity index (χ2v) is 8.07. The van der Waals surface area contributed by atoms with E-state index in [2.05, 4.69) is 33.2 Å². The summed E-state index contributed by atoms with van der Waals surface area (Å²) >= 11 is 0. The fraction of sp³-hybridized carbons (Fsp3) is 0.714. The minimum atomic E-state index is -1.26. The molecule has 15 heteroatoms. The monoisotopic (exact) mass is 522 g/mol. The van der Waals surface area contributed by atoms with E-state index in [0.29, 0.717) is 19.3 Å². The fourth-order valence-electron chi connectivity index (χ4n) is 1.92. The van der Waals surface area contributed by atoms with Gasteiger partial charge in [0.25, 0.3) is 17.7 Å². The molecular weight excluding hydrogens is 480 g/mol. The summed E-state index contributed by atoms with van der Waals surface area (Å²) in [4.78, 5) is 63.9. The fourth-order valence-corrected chi connectivity index (χ4v) is 1.92. The van der Waals surface area contributed by atoms with Crippen LogP contribution in [0.5, 0.6) is 0 Å². The zero-order chi connectivity index (χ0) is 29.2. The van der Waals surface area contributed by atoms with Crippen molar-refractivity contribution in [2.75, 3.05) is 0 Å². The first-order valence-corrected chi connectivity index (χ1v) is 11.5. The van der Waals surface area contributed by atoms with Crippen LogP contribution < -0.4 is 48.5 Å². The average Bonchev–Trinajstić information content (AvgIpc) is 2.78.